The first-order chi connectivity index (χ1) is 8.24. The van der Waals surface area contributed by atoms with E-state index >= 15 is 0 Å². The second kappa shape index (κ2) is 5.35. The van der Waals surface area contributed by atoms with E-state index in [4.69, 9.17) is 16.9 Å². The van der Waals surface area contributed by atoms with Crippen molar-refractivity contribution in [3.8, 4) is 17.2 Å². The monoisotopic (exact) mass is 305 g/mol. The van der Waals surface area contributed by atoms with Crippen LogP contribution in [0.1, 0.15) is 11.1 Å². The number of nitrogens with zero attached hydrogens (tertiary/aromatic N) is 1. The van der Waals surface area contributed by atoms with E-state index in [0.29, 0.717) is 10.6 Å². The van der Waals surface area contributed by atoms with E-state index in [-0.39, 0.29) is 0 Å². The lowest BCUT2D eigenvalue weighted by Crippen LogP contribution is -1.88. The highest BCUT2D eigenvalue weighted by atomic mass is 79.9. The standard InChI is InChI=1S/C14H9BrClN/c15-8-12-5-4-10(9-17)6-14(12)11-2-1-3-13(16)7-11/h1-7H,8H2. The van der Waals surface area contributed by atoms with Gasteiger partial charge in [-0.1, -0.05) is 45.7 Å². The minimum atomic E-state index is 0.657. The van der Waals surface area contributed by atoms with Crippen LogP contribution in [0.25, 0.3) is 11.1 Å². The van der Waals surface area contributed by atoms with Gasteiger partial charge >= 0.3 is 0 Å². The first-order valence-electron chi connectivity index (χ1n) is 5.09. The Morgan fingerprint density at radius 3 is 2.65 bits per heavy atom. The third-order valence-corrected chi connectivity index (χ3v) is 3.36. The van der Waals surface area contributed by atoms with E-state index in [1.165, 1.54) is 0 Å². The molecule has 0 aliphatic heterocycles. The van der Waals surface area contributed by atoms with Gasteiger partial charge in [0.1, 0.15) is 0 Å². The molecule has 0 saturated heterocycles. The summed E-state index contributed by atoms with van der Waals surface area (Å²) >= 11 is 9.44. The molecular weight excluding hydrogens is 298 g/mol. The zero-order valence-corrected chi connectivity index (χ0v) is 11.3. The highest BCUT2D eigenvalue weighted by molar-refractivity contribution is 9.08. The molecule has 0 N–H and O–H groups in total. The molecule has 2 aromatic rings. The Balaban J connectivity index is 2.61. The average Bonchev–Trinajstić information content (AvgIpc) is 2.38. The van der Waals surface area contributed by atoms with Crippen LogP contribution in [0.5, 0.6) is 0 Å². The van der Waals surface area contributed by atoms with Gasteiger partial charge in [0.15, 0.2) is 0 Å². The third kappa shape index (κ3) is 2.69. The van der Waals surface area contributed by atoms with Crippen LogP contribution in [-0.4, -0.2) is 0 Å². The summed E-state index contributed by atoms with van der Waals surface area (Å²) in [4.78, 5) is 0. The number of alkyl halides is 1. The summed E-state index contributed by atoms with van der Waals surface area (Å²) < 4.78 is 0. The minimum Gasteiger partial charge on any atom is -0.192 e. The molecule has 1 nitrogen and oxygen atoms in total. The van der Waals surface area contributed by atoms with Crippen LogP contribution in [0.3, 0.4) is 0 Å². The summed E-state index contributed by atoms with van der Waals surface area (Å²) in [6.45, 7) is 0. The van der Waals surface area contributed by atoms with Gasteiger partial charge in [-0.25, -0.2) is 0 Å². The third-order valence-electron chi connectivity index (χ3n) is 2.52. The molecule has 0 saturated carbocycles. The average molecular weight is 307 g/mol. The second-order valence-corrected chi connectivity index (χ2v) is 4.62. The van der Waals surface area contributed by atoms with Crippen molar-refractivity contribution in [1.29, 1.82) is 5.26 Å². The predicted molar refractivity (Wildman–Crippen MR) is 74.2 cm³/mol. The van der Waals surface area contributed by atoms with Crippen molar-refractivity contribution in [2.45, 2.75) is 5.33 Å². The molecule has 0 aromatic heterocycles. The minimum absolute atomic E-state index is 0.657. The fraction of sp³-hybridized carbons (Fsp3) is 0.0714. The molecule has 0 bridgehead atoms. The summed E-state index contributed by atoms with van der Waals surface area (Å²) in [7, 11) is 0. The zero-order chi connectivity index (χ0) is 12.3. The van der Waals surface area contributed by atoms with Crippen molar-refractivity contribution in [2.24, 2.45) is 0 Å². The fourth-order valence-electron chi connectivity index (χ4n) is 1.69. The van der Waals surface area contributed by atoms with E-state index in [1.54, 1.807) is 0 Å². The second-order valence-electron chi connectivity index (χ2n) is 3.63. The number of hydrogen-bond donors (Lipinski definition) is 0. The molecule has 2 aromatic carbocycles. The maximum Gasteiger partial charge on any atom is 0.0991 e. The van der Waals surface area contributed by atoms with E-state index in [2.05, 4.69) is 22.0 Å². The number of hydrogen-bond acceptors (Lipinski definition) is 1. The van der Waals surface area contributed by atoms with Crippen LogP contribution in [-0.2, 0) is 5.33 Å². The first kappa shape index (κ1) is 12.2. The molecule has 0 amide bonds. The molecule has 0 heterocycles. The quantitative estimate of drug-likeness (QED) is 0.733. The van der Waals surface area contributed by atoms with Crippen LogP contribution in [0.15, 0.2) is 42.5 Å². The fourth-order valence-corrected chi connectivity index (χ4v) is 2.37. The highest BCUT2D eigenvalue weighted by Crippen LogP contribution is 2.28. The molecule has 0 spiro atoms. The van der Waals surface area contributed by atoms with Crippen molar-refractivity contribution < 1.29 is 0 Å². The van der Waals surface area contributed by atoms with Crippen molar-refractivity contribution >= 4 is 27.5 Å². The summed E-state index contributed by atoms with van der Waals surface area (Å²) in [5.41, 5.74) is 3.88. The Morgan fingerprint density at radius 1 is 1.18 bits per heavy atom. The van der Waals surface area contributed by atoms with Crippen molar-refractivity contribution in [1.82, 2.24) is 0 Å². The Hall–Kier alpha value is -1.30. The molecular formula is C14H9BrClN. The molecule has 2 rings (SSSR count). The largest absolute Gasteiger partial charge is 0.192 e. The van der Waals surface area contributed by atoms with Gasteiger partial charge in [0.2, 0.25) is 0 Å². The van der Waals surface area contributed by atoms with Crippen LogP contribution in [0, 0.1) is 11.3 Å². The van der Waals surface area contributed by atoms with Crippen LogP contribution < -0.4 is 0 Å². The number of benzene rings is 2. The zero-order valence-electron chi connectivity index (χ0n) is 8.95. The van der Waals surface area contributed by atoms with E-state index in [1.807, 2.05) is 42.5 Å². The van der Waals surface area contributed by atoms with Crippen molar-refractivity contribution in [2.75, 3.05) is 0 Å². The van der Waals surface area contributed by atoms with Gasteiger partial charge < -0.3 is 0 Å². The van der Waals surface area contributed by atoms with E-state index < -0.39 is 0 Å². The number of halogens is 2. The van der Waals surface area contributed by atoms with Crippen molar-refractivity contribution in [3.05, 3.63) is 58.6 Å². The Kier molecular flexibility index (Phi) is 3.83. The summed E-state index contributed by atoms with van der Waals surface area (Å²) in [5.74, 6) is 0. The summed E-state index contributed by atoms with van der Waals surface area (Å²) in [6, 6.07) is 15.5. The molecule has 0 aliphatic carbocycles. The topological polar surface area (TPSA) is 23.8 Å². The van der Waals surface area contributed by atoms with Gasteiger partial charge in [-0.2, -0.15) is 5.26 Å². The smallest absolute Gasteiger partial charge is 0.0991 e. The number of rotatable bonds is 2. The van der Waals surface area contributed by atoms with Gasteiger partial charge in [0, 0.05) is 10.4 Å². The lowest BCUT2D eigenvalue weighted by Gasteiger charge is -2.08. The molecule has 0 radical (unpaired) electrons. The Bertz CT molecular complexity index is 587. The molecule has 0 atom stereocenters. The molecule has 3 heteroatoms. The summed E-state index contributed by atoms with van der Waals surface area (Å²) in [5, 5.41) is 10.4. The van der Waals surface area contributed by atoms with E-state index in [9.17, 15) is 0 Å². The summed E-state index contributed by atoms with van der Waals surface area (Å²) in [6.07, 6.45) is 0. The Labute approximate surface area is 114 Å². The van der Waals surface area contributed by atoms with Gasteiger partial charge in [-0.05, 0) is 41.0 Å². The van der Waals surface area contributed by atoms with Crippen LogP contribution in [0.2, 0.25) is 5.02 Å². The molecule has 0 aliphatic rings. The lowest BCUT2D eigenvalue weighted by atomic mass is 9.98. The number of nitriles is 1. The lowest BCUT2D eigenvalue weighted by molar-refractivity contribution is 1.40. The predicted octanol–water partition coefficient (Wildman–Crippen LogP) is 4.77. The van der Waals surface area contributed by atoms with Gasteiger partial charge in [-0.3, -0.25) is 0 Å². The van der Waals surface area contributed by atoms with Gasteiger partial charge in [0.05, 0.1) is 11.6 Å². The van der Waals surface area contributed by atoms with Crippen LogP contribution in [0.4, 0.5) is 0 Å². The normalized spacial score (nSPS) is 9.94. The van der Waals surface area contributed by atoms with Crippen molar-refractivity contribution in [3.63, 3.8) is 0 Å². The molecule has 84 valence electrons. The Morgan fingerprint density at radius 2 is 2.00 bits per heavy atom. The van der Waals surface area contributed by atoms with Gasteiger partial charge in [0.25, 0.3) is 0 Å². The molecule has 0 fully saturated rings. The van der Waals surface area contributed by atoms with E-state index in [0.717, 1.165) is 22.0 Å². The SMILES string of the molecule is N#Cc1ccc(CBr)c(-c2cccc(Cl)c2)c1. The molecule has 17 heavy (non-hydrogen) atoms. The molecule has 0 unspecified atom stereocenters. The maximum atomic E-state index is 8.94. The maximum absolute atomic E-state index is 8.94. The highest BCUT2D eigenvalue weighted by Gasteiger charge is 2.06. The van der Waals surface area contributed by atoms with Gasteiger partial charge in [-0.15, -0.1) is 0 Å². The van der Waals surface area contributed by atoms with Crippen LogP contribution >= 0.6 is 27.5 Å². The first-order valence-corrected chi connectivity index (χ1v) is 6.59.